The molecule has 0 fully saturated rings. The monoisotopic (exact) mass is 472 g/mol. The normalized spacial score (nSPS) is 12.0. The van der Waals surface area contributed by atoms with Crippen molar-refractivity contribution >= 4 is 17.5 Å². The van der Waals surface area contributed by atoms with Crippen molar-refractivity contribution in [1.82, 2.24) is 29.1 Å². The van der Waals surface area contributed by atoms with E-state index >= 15 is 0 Å². The van der Waals surface area contributed by atoms with Gasteiger partial charge in [0, 0.05) is 28.9 Å². The molecule has 5 aromatic rings. The van der Waals surface area contributed by atoms with Crippen LogP contribution in [0.5, 0.6) is 0 Å². The van der Waals surface area contributed by atoms with E-state index in [1.54, 1.807) is 18.0 Å². The van der Waals surface area contributed by atoms with Gasteiger partial charge in [0.25, 0.3) is 0 Å². The Morgan fingerprint density at radius 1 is 1.00 bits per heavy atom. The molecule has 0 bridgehead atoms. The SMILES string of the molecule is Cc1cc(C)n2cc(CSc3nnc(-c4ccc(C(C)(C)C)cc4)n3Cc3ccco3)nc2n1. The van der Waals surface area contributed by atoms with Gasteiger partial charge in [0.15, 0.2) is 11.0 Å². The molecule has 4 aromatic heterocycles. The molecule has 174 valence electrons. The minimum absolute atomic E-state index is 0.0984. The van der Waals surface area contributed by atoms with Crippen LogP contribution in [0.4, 0.5) is 0 Å². The highest BCUT2D eigenvalue weighted by atomic mass is 32.2. The molecular formula is C26H28N6OS. The van der Waals surface area contributed by atoms with Gasteiger partial charge in [-0.2, -0.15) is 0 Å². The molecule has 0 N–H and O–H groups in total. The van der Waals surface area contributed by atoms with E-state index in [4.69, 9.17) is 9.40 Å². The van der Waals surface area contributed by atoms with Crippen LogP contribution in [0, 0.1) is 13.8 Å². The molecule has 4 heterocycles. The van der Waals surface area contributed by atoms with E-state index in [0.717, 1.165) is 45.2 Å². The molecule has 0 atom stereocenters. The Morgan fingerprint density at radius 2 is 1.79 bits per heavy atom. The van der Waals surface area contributed by atoms with Crippen molar-refractivity contribution < 1.29 is 4.42 Å². The molecule has 0 radical (unpaired) electrons. The zero-order valence-corrected chi connectivity index (χ0v) is 20.9. The highest BCUT2D eigenvalue weighted by Crippen LogP contribution is 2.29. The van der Waals surface area contributed by atoms with Crippen LogP contribution in [0.3, 0.4) is 0 Å². The van der Waals surface area contributed by atoms with Crippen molar-refractivity contribution in [2.75, 3.05) is 0 Å². The first-order chi connectivity index (χ1) is 16.3. The van der Waals surface area contributed by atoms with Gasteiger partial charge in [0.1, 0.15) is 5.76 Å². The van der Waals surface area contributed by atoms with Gasteiger partial charge in [-0.3, -0.25) is 8.97 Å². The number of benzene rings is 1. The number of rotatable bonds is 6. The molecule has 5 rings (SSSR count). The molecule has 0 saturated heterocycles. The van der Waals surface area contributed by atoms with E-state index in [9.17, 15) is 0 Å². The van der Waals surface area contributed by atoms with Gasteiger partial charge in [-0.05, 0) is 43.0 Å². The molecule has 0 amide bonds. The summed E-state index contributed by atoms with van der Waals surface area (Å²) in [5, 5.41) is 9.90. The summed E-state index contributed by atoms with van der Waals surface area (Å²) in [6.07, 6.45) is 3.74. The van der Waals surface area contributed by atoms with Gasteiger partial charge < -0.3 is 4.42 Å². The van der Waals surface area contributed by atoms with Crippen LogP contribution in [-0.2, 0) is 17.7 Å². The fraction of sp³-hybridized carbons (Fsp3) is 0.308. The van der Waals surface area contributed by atoms with Crippen molar-refractivity contribution in [1.29, 1.82) is 0 Å². The number of aryl methyl sites for hydroxylation is 2. The van der Waals surface area contributed by atoms with E-state index in [1.165, 1.54) is 5.56 Å². The van der Waals surface area contributed by atoms with Gasteiger partial charge in [-0.1, -0.05) is 56.8 Å². The lowest BCUT2D eigenvalue weighted by molar-refractivity contribution is 0.485. The highest BCUT2D eigenvalue weighted by molar-refractivity contribution is 7.98. The maximum absolute atomic E-state index is 5.63. The summed E-state index contributed by atoms with van der Waals surface area (Å²) in [5.41, 5.74) is 5.45. The van der Waals surface area contributed by atoms with Crippen LogP contribution in [0.1, 0.15) is 49.2 Å². The number of fused-ring (bicyclic) bond motifs is 1. The summed E-state index contributed by atoms with van der Waals surface area (Å²) in [6.45, 7) is 11.3. The third kappa shape index (κ3) is 4.50. The average molecular weight is 473 g/mol. The molecule has 0 aliphatic rings. The van der Waals surface area contributed by atoms with Crippen LogP contribution in [0.15, 0.2) is 64.5 Å². The smallest absolute Gasteiger partial charge is 0.234 e. The van der Waals surface area contributed by atoms with Gasteiger partial charge in [0.05, 0.1) is 18.5 Å². The minimum Gasteiger partial charge on any atom is -0.467 e. The molecule has 34 heavy (non-hydrogen) atoms. The number of hydrogen-bond acceptors (Lipinski definition) is 6. The first kappa shape index (κ1) is 22.4. The Morgan fingerprint density at radius 3 is 2.50 bits per heavy atom. The predicted molar refractivity (Wildman–Crippen MR) is 134 cm³/mol. The number of aromatic nitrogens is 6. The predicted octanol–water partition coefficient (Wildman–Crippen LogP) is 5.84. The van der Waals surface area contributed by atoms with Gasteiger partial charge in [-0.25, -0.2) is 9.97 Å². The summed E-state index contributed by atoms with van der Waals surface area (Å²) in [7, 11) is 0. The summed E-state index contributed by atoms with van der Waals surface area (Å²) < 4.78 is 9.77. The number of nitrogens with zero attached hydrogens (tertiary/aromatic N) is 6. The second-order valence-corrected chi connectivity index (χ2v) is 10.5. The first-order valence-corrected chi connectivity index (χ1v) is 12.3. The Balaban J connectivity index is 1.45. The number of thioether (sulfide) groups is 1. The van der Waals surface area contributed by atoms with E-state index in [1.807, 2.05) is 29.7 Å². The fourth-order valence-corrected chi connectivity index (χ4v) is 4.78. The zero-order chi connectivity index (χ0) is 23.9. The van der Waals surface area contributed by atoms with Crippen LogP contribution >= 0.6 is 11.8 Å². The van der Waals surface area contributed by atoms with Crippen molar-refractivity contribution in [3.8, 4) is 11.4 Å². The first-order valence-electron chi connectivity index (χ1n) is 11.3. The third-order valence-corrected chi connectivity index (χ3v) is 6.78. The van der Waals surface area contributed by atoms with Gasteiger partial charge in [-0.15, -0.1) is 10.2 Å². The zero-order valence-electron chi connectivity index (χ0n) is 20.1. The topological polar surface area (TPSA) is 74.0 Å². The van der Waals surface area contributed by atoms with Gasteiger partial charge >= 0.3 is 0 Å². The molecule has 0 aliphatic heterocycles. The Bertz CT molecular complexity index is 1430. The Labute approximate surface area is 203 Å². The largest absolute Gasteiger partial charge is 0.467 e. The van der Waals surface area contributed by atoms with Crippen LogP contribution < -0.4 is 0 Å². The summed E-state index contributed by atoms with van der Waals surface area (Å²) in [6, 6.07) is 14.5. The highest BCUT2D eigenvalue weighted by Gasteiger charge is 2.18. The van der Waals surface area contributed by atoms with E-state index in [0.29, 0.717) is 12.3 Å². The Hall–Kier alpha value is -3.39. The average Bonchev–Trinajstić information content (AvgIpc) is 3.52. The molecule has 8 heteroatoms. The number of imidazole rings is 1. The quantitative estimate of drug-likeness (QED) is 0.289. The van der Waals surface area contributed by atoms with Crippen molar-refractivity contribution in [3.63, 3.8) is 0 Å². The molecule has 7 nitrogen and oxygen atoms in total. The van der Waals surface area contributed by atoms with E-state index in [-0.39, 0.29) is 5.41 Å². The molecule has 1 aromatic carbocycles. The summed E-state index contributed by atoms with van der Waals surface area (Å²) in [5.74, 6) is 3.07. The summed E-state index contributed by atoms with van der Waals surface area (Å²) >= 11 is 1.61. The molecule has 0 aliphatic carbocycles. The van der Waals surface area contributed by atoms with Crippen molar-refractivity contribution in [2.24, 2.45) is 0 Å². The standard InChI is InChI=1S/C26H28N6OS/c1-17-13-18(2)31-14-21(28-24(31)27-17)16-34-25-30-29-23(32(25)15-22-7-6-12-33-22)19-8-10-20(11-9-19)26(3,4)5/h6-14H,15-16H2,1-5H3. The molecule has 0 saturated carbocycles. The summed E-state index contributed by atoms with van der Waals surface area (Å²) in [4.78, 5) is 9.25. The molecule has 0 spiro atoms. The van der Waals surface area contributed by atoms with Crippen LogP contribution in [-0.4, -0.2) is 29.1 Å². The number of hydrogen-bond donors (Lipinski definition) is 0. The maximum Gasteiger partial charge on any atom is 0.234 e. The molecule has 0 unspecified atom stereocenters. The van der Waals surface area contributed by atoms with Crippen LogP contribution in [0.2, 0.25) is 0 Å². The van der Waals surface area contributed by atoms with E-state index < -0.39 is 0 Å². The second kappa shape index (κ2) is 8.76. The third-order valence-electron chi connectivity index (χ3n) is 5.78. The van der Waals surface area contributed by atoms with Crippen molar-refractivity contribution in [2.45, 2.75) is 57.5 Å². The molecular weight excluding hydrogens is 444 g/mol. The maximum atomic E-state index is 5.63. The number of furan rings is 1. The second-order valence-electron chi connectivity index (χ2n) is 9.53. The van der Waals surface area contributed by atoms with Crippen molar-refractivity contribution in [3.05, 3.63) is 83.3 Å². The lowest BCUT2D eigenvalue weighted by Gasteiger charge is -2.19. The minimum atomic E-state index is 0.0984. The van der Waals surface area contributed by atoms with E-state index in [2.05, 4.69) is 77.8 Å². The van der Waals surface area contributed by atoms with Crippen LogP contribution in [0.25, 0.3) is 17.2 Å². The lowest BCUT2D eigenvalue weighted by atomic mass is 9.87. The van der Waals surface area contributed by atoms with Gasteiger partial charge in [0.2, 0.25) is 5.78 Å². The fourth-order valence-electron chi connectivity index (χ4n) is 3.96. The lowest BCUT2D eigenvalue weighted by Crippen LogP contribution is -2.10. The Kier molecular flexibility index (Phi) is 5.77.